The van der Waals surface area contributed by atoms with Gasteiger partial charge in [-0.25, -0.2) is 4.39 Å². The zero-order valence-electron chi connectivity index (χ0n) is 13.5. The Morgan fingerprint density at radius 3 is 2.62 bits per heavy atom. The summed E-state index contributed by atoms with van der Waals surface area (Å²) in [4.78, 5) is 20.4. The van der Waals surface area contributed by atoms with E-state index in [1.165, 1.54) is 18.2 Å². The molecule has 128 valence electrons. The van der Waals surface area contributed by atoms with Crippen molar-refractivity contribution in [3.63, 3.8) is 0 Å². The Kier molecular flexibility index (Phi) is 4.71. The summed E-state index contributed by atoms with van der Waals surface area (Å²) in [5, 5.41) is 4.28. The lowest BCUT2D eigenvalue weighted by molar-refractivity contribution is 0.0740. The van der Waals surface area contributed by atoms with Crippen LogP contribution in [0.4, 0.5) is 10.4 Å². The van der Waals surface area contributed by atoms with Gasteiger partial charge in [0, 0.05) is 37.1 Å². The SMILES string of the molecule is CC(C)c1noc(N2CCN(C(=O)c3cc(Cl)ccc3F)CC2)n1. The molecule has 2 aromatic rings. The minimum absolute atomic E-state index is 0.00386. The fourth-order valence-electron chi connectivity index (χ4n) is 2.52. The Hall–Kier alpha value is -2.15. The van der Waals surface area contributed by atoms with E-state index >= 15 is 0 Å². The number of carbonyl (C=O) groups excluding carboxylic acids is 1. The molecular weight excluding hydrogens is 335 g/mol. The third-order valence-electron chi connectivity index (χ3n) is 3.94. The molecule has 1 saturated heterocycles. The highest BCUT2D eigenvalue weighted by Gasteiger charge is 2.26. The van der Waals surface area contributed by atoms with E-state index in [0.717, 1.165) is 0 Å². The molecule has 0 atom stereocenters. The van der Waals surface area contributed by atoms with Gasteiger partial charge in [0.05, 0.1) is 5.56 Å². The lowest BCUT2D eigenvalue weighted by Crippen LogP contribution is -2.49. The first-order valence-corrected chi connectivity index (χ1v) is 8.16. The Labute approximate surface area is 144 Å². The van der Waals surface area contributed by atoms with E-state index in [-0.39, 0.29) is 17.4 Å². The van der Waals surface area contributed by atoms with Crippen molar-refractivity contribution >= 4 is 23.5 Å². The Morgan fingerprint density at radius 1 is 1.29 bits per heavy atom. The van der Waals surface area contributed by atoms with E-state index in [0.29, 0.717) is 43.0 Å². The van der Waals surface area contributed by atoms with Crippen LogP contribution in [0.15, 0.2) is 22.7 Å². The van der Waals surface area contributed by atoms with Crippen molar-refractivity contribution < 1.29 is 13.7 Å². The minimum Gasteiger partial charge on any atom is -0.335 e. The molecule has 1 amide bonds. The van der Waals surface area contributed by atoms with Gasteiger partial charge in [-0.3, -0.25) is 4.79 Å². The molecule has 0 bridgehead atoms. The fraction of sp³-hybridized carbons (Fsp3) is 0.438. The number of nitrogens with zero attached hydrogens (tertiary/aromatic N) is 4. The molecule has 24 heavy (non-hydrogen) atoms. The number of rotatable bonds is 3. The van der Waals surface area contributed by atoms with Crippen LogP contribution < -0.4 is 4.90 Å². The van der Waals surface area contributed by atoms with Crippen LogP contribution in [0, 0.1) is 5.82 Å². The normalized spacial score (nSPS) is 15.2. The van der Waals surface area contributed by atoms with Crippen LogP contribution in [-0.2, 0) is 0 Å². The van der Waals surface area contributed by atoms with Gasteiger partial charge in [0.2, 0.25) is 0 Å². The summed E-state index contributed by atoms with van der Waals surface area (Å²) < 4.78 is 19.1. The average molecular weight is 353 g/mol. The first-order valence-electron chi connectivity index (χ1n) is 7.78. The zero-order chi connectivity index (χ0) is 17.3. The van der Waals surface area contributed by atoms with Crippen molar-refractivity contribution in [2.24, 2.45) is 0 Å². The largest absolute Gasteiger partial charge is 0.335 e. The van der Waals surface area contributed by atoms with Crippen molar-refractivity contribution in [3.8, 4) is 0 Å². The van der Waals surface area contributed by atoms with E-state index in [2.05, 4.69) is 10.1 Å². The number of carbonyl (C=O) groups is 1. The summed E-state index contributed by atoms with van der Waals surface area (Å²) in [6.45, 7) is 5.98. The molecule has 1 aromatic heterocycles. The van der Waals surface area contributed by atoms with Gasteiger partial charge in [-0.15, -0.1) is 0 Å². The van der Waals surface area contributed by atoms with Gasteiger partial charge >= 0.3 is 6.01 Å². The van der Waals surface area contributed by atoms with Crippen LogP contribution in [0.3, 0.4) is 0 Å². The second-order valence-corrected chi connectivity index (χ2v) is 6.43. The smallest absolute Gasteiger partial charge is 0.324 e. The molecule has 3 rings (SSSR count). The number of piperazine rings is 1. The molecule has 0 aliphatic carbocycles. The molecule has 1 aromatic carbocycles. The van der Waals surface area contributed by atoms with Crippen molar-refractivity contribution in [3.05, 3.63) is 40.4 Å². The van der Waals surface area contributed by atoms with Crippen LogP contribution in [0.25, 0.3) is 0 Å². The van der Waals surface area contributed by atoms with E-state index in [4.69, 9.17) is 16.1 Å². The first-order chi connectivity index (χ1) is 11.5. The molecule has 2 heterocycles. The monoisotopic (exact) mass is 352 g/mol. The number of aromatic nitrogens is 2. The number of hydrogen-bond acceptors (Lipinski definition) is 5. The highest BCUT2D eigenvalue weighted by molar-refractivity contribution is 6.31. The predicted molar refractivity (Wildman–Crippen MR) is 87.9 cm³/mol. The number of amides is 1. The van der Waals surface area contributed by atoms with Crippen LogP contribution in [0.2, 0.25) is 5.02 Å². The van der Waals surface area contributed by atoms with Crippen molar-refractivity contribution in [2.45, 2.75) is 19.8 Å². The van der Waals surface area contributed by atoms with Gasteiger partial charge in [0.15, 0.2) is 5.82 Å². The summed E-state index contributed by atoms with van der Waals surface area (Å²) in [7, 11) is 0. The zero-order valence-corrected chi connectivity index (χ0v) is 14.3. The van der Waals surface area contributed by atoms with Gasteiger partial charge in [-0.1, -0.05) is 30.6 Å². The van der Waals surface area contributed by atoms with E-state index in [1.807, 2.05) is 18.7 Å². The highest BCUT2D eigenvalue weighted by Crippen LogP contribution is 2.20. The van der Waals surface area contributed by atoms with Gasteiger partial charge in [0.1, 0.15) is 5.82 Å². The predicted octanol–water partition coefficient (Wildman–Crippen LogP) is 2.95. The average Bonchev–Trinajstić information content (AvgIpc) is 3.07. The third-order valence-corrected chi connectivity index (χ3v) is 4.18. The molecule has 6 nitrogen and oxygen atoms in total. The van der Waals surface area contributed by atoms with Gasteiger partial charge < -0.3 is 14.3 Å². The summed E-state index contributed by atoms with van der Waals surface area (Å²) in [6.07, 6.45) is 0. The summed E-state index contributed by atoms with van der Waals surface area (Å²) in [5.41, 5.74) is -0.00386. The first kappa shape index (κ1) is 16.7. The lowest BCUT2D eigenvalue weighted by Gasteiger charge is -2.33. The summed E-state index contributed by atoms with van der Waals surface area (Å²) in [6, 6.07) is 4.45. The standard InChI is InChI=1S/C16H18ClFN4O2/c1-10(2)14-19-16(24-20-14)22-7-5-21(6-8-22)15(23)12-9-11(17)3-4-13(12)18/h3-4,9-10H,5-8H2,1-2H3. The molecule has 0 N–H and O–H groups in total. The maximum Gasteiger partial charge on any atom is 0.324 e. The summed E-state index contributed by atoms with van der Waals surface area (Å²) >= 11 is 5.86. The van der Waals surface area contributed by atoms with E-state index in [9.17, 15) is 9.18 Å². The maximum atomic E-state index is 13.8. The van der Waals surface area contributed by atoms with Crippen LogP contribution >= 0.6 is 11.6 Å². The molecular formula is C16H18ClFN4O2. The number of hydrogen-bond donors (Lipinski definition) is 0. The molecule has 1 fully saturated rings. The van der Waals surface area contributed by atoms with Gasteiger partial charge in [-0.2, -0.15) is 4.98 Å². The highest BCUT2D eigenvalue weighted by atomic mass is 35.5. The number of anilines is 1. The van der Waals surface area contributed by atoms with Crippen LogP contribution in [0.1, 0.15) is 35.9 Å². The van der Waals surface area contributed by atoms with Crippen LogP contribution in [-0.4, -0.2) is 47.1 Å². The molecule has 0 saturated carbocycles. The maximum absolute atomic E-state index is 13.8. The van der Waals surface area contributed by atoms with Gasteiger partial charge in [0.25, 0.3) is 5.91 Å². The second kappa shape index (κ2) is 6.76. The lowest BCUT2D eigenvalue weighted by atomic mass is 10.1. The fourth-order valence-corrected chi connectivity index (χ4v) is 2.69. The van der Waals surface area contributed by atoms with E-state index < -0.39 is 5.82 Å². The van der Waals surface area contributed by atoms with Crippen LogP contribution in [0.5, 0.6) is 0 Å². The van der Waals surface area contributed by atoms with E-state index in [1.54, 1.807) is 4.90 Å². The molecule has 0 spiro atoms. The van der Waals surface area contributed by atoms with Crippen molar-refractivity contribution in [1.82, 2.24) is 15.0 Å². The Balaban J connectivity index is 1.66. The quantitative estimate of drug-likeness (QED) is 0.849. The Morgan fingerprint density at radius 2 is 2.00 bits per heavy atom. The van der Waals surface area contributed by atoms with Crippen molar-refractivity contribution in [1.29, 1.82) is 0 Å². The number of halogens is 2. The minimum atomic E-state index is -0.565. The molecule has 1 aliphatic heterocycles. The number of benzene rings is 1. The molecule has 1 aliphatic rings. The third kappa shape index (κ3) is 3.36. The van der Waals surface area contributed by atoms with Crippen molar-refractivity contribution in [2.75, 3.05) is 31.1 Å². The molecule has 0 radical (unpaired) electrons. The topological polar surface area (TPSA) is 62.5 Å². The summed E-state index contributed by atoms with van der Waals surface area (Å²) in [5.74, 6) is -0.0750. The Bertz CT molecular complexity index is 741. The molecule has 8 heteroatoms. The van der Waals surface area contributed by atoms with Gasteiger partial charge in [-0.05, 0) is 18.2 Å². The second-order valence-electron chi connectivity index (χ2n) is 5.99. The molecule has 0 unspecified atom stereocenters.